The van der Waals surface area contributed by atoms with E-state index in [1.807, 2.05) is 20.8 Å². The molecule has 0 aliphatic rings. The summed E-state index contributed by atoms with van der Waals surface area (Å²) >= 11 is 2.84. The van der Waals surface area contributed by atoms with Gasteiger partial charge in [-0.25, -0.2) is 0 Å². The van der Waals surface area contributed by atoms with Crippen molar-refractivity contribution in [2.45, 2.75) is 26.8 Å². The molecule has 0 rings (SSSR count). The summed E-state index contributed by atoms with van der Waals surface area (Å²) in [6.45, 7) is 5.87. The Morgan fingerprint density at radius 1 is 1.54 bits per heavy atom. The van der Waals surface area contributed by atoms with Crippen molar-refractivity contribution in [1.29, 1.82) is 0 Å². The van der Waals surface area contributed by atoms with Crippen LogP contribution in [-0.2, 0) is 4.79 Å². The van der Waals surface area contributed by atoms with Crippen molar-refractivity contribution in [2.24, 2.45) is 5.41 Å². The molecule has 0 bridgehead atoms. The summed E-state index contributed by atoms with van der Waals surface area (Å²) in [6.07, 6.45) is 5.28. The van der Waals surface area contributed by atoms with E-state index in [1.165, 1.54) is 0 Å². The van der Waals surface area contributed by atoms with Crippen LogP contribution in [0, 0.1) is 28.5 Å². The molecular weight excluding hydrogens is 230 g/mol. The molecule has 0 aromatic heterocycles. The van der Waals surface area contributed by atoms with Crippen molar-refractivity contribution in [1.82, 2.24) is 5.32 Å². The van der Waals surface area contributed by atoms with Gasteiger partial charge in [-0.3, -0.25) is 4.79 Å². The zero-order valence-electron chi connectivity index (χ0n) is 7.94. The van der Waals surface area contributed by atoms with Gasteiger partial charge in [0.1, 0.15) is 0 Å². The first-order chi connectivity index (χ1) is 5.91. The molecule has 1 atom stereocenters. The first kappa shape index (κ1) is 12.1. The Morgan fingerprint density at radius 3 is 2.38 bits per heavy atom. The van der Waals surface area contributed by atoms with Crippen LogP contribution in [-0.4, -0.2) is 11.9 Å². The number of terminal acetylenes is 1. The number of halogens is 1. The highest BCUT2D eigenvalue weighted by molar-refractivity contribution is 9.12. The molecule has 0 aliphatic carbocycles. The topological polar surface area (TPSA) is 29.1 Å². The summed E-state index contributed by atoms with van der Waals surface area (Å²) in [4.78, 5) is 13.4. The minimum absolute atomic E-state index is 0.154. The van der Waals surface area contributed by atoms with Crippen molar-refractivity contribution in [3.05, 3.63) is 0 Å². The fraction of sp³-hybridized carbons (Fsp3) is 0.500. The molecule has 0 aliphatic heterocycles. The molecule has 0 saturated carbocycles. The molecule has 1 N–H and O–H groups in total. The third-order valence-corrected chi connectivity index (χ3v) is 1.67. The minimum atomic E-state index is -0.366. The molecule has 0 aromatic rings. The molecule has 70 valence electrons. The summed E-state index contributed by atoms with van der Waals surface area (Å²) in [5.41, 5.74) is -0.154. The highest BCUT2D eigenvalue weighted by Crippen LogP contribution is 2.18. The normalized spacial score (nSPS) is 11.9. The molecule has 3 heteroatoms. The van der Waals surface area contributed by atoms with Crippen LogP contribution in [0.1, 0.15) is 20.8 Å². The summed E-state index contributed by atoms with van der Waals surface area (Å²) in [6, 6.07) is -0.298. The third kappa shape index (κ3) is 4.60. The van der Waals surface area contributed by atoms with E-state index in [1.54, 1.807) is 0 Å². The lowest BCUT2D eigenvalue weighted by Gasteiger charge is -2.25. The van der Waals surface area contributed by atoms with Gasteiger partial charge in [0.05, 0.1) is 6.04 Å². The van der Waals surface area contributed by atoms with Gasteiger partial charge in [0, 0.05) is 21.9 Å². The predicted molar refractivity (Wildman–Crippen MR) is 56.9 cm³/mol. The van der Waals surface area contributed by atoms with Crippen molar-refractivity contribution in [3.8, 4) is 23.1 Å². The Bertz CT molecular complexity index is 285. The maximum Gasteiger partial charge on any atom is 0.297 e. The molecule has 1 amide bonds. The van der Waals surface area contributed by atoms with E-state index < -0.39 is 0 Å². The maximum atomic E-state index is 11.0. The molecular formula is C10H12BrNO. The average molecular weight is 242 g/mol. The van der Waals surface area contributed by atoms with Crippen LogP contribution >= 0.6 is 15.9 Å². The second-order valence-corrected chi connectivity index (χ2v) is 4.06. The Labute approximate surface area is 87.6 Å². The van der Waals surface area contributed by atoms with Crippen LogP contribution < -0.4 is 5.32 Å². The van der Waals surface area contributed by atoms with Gasteiger partial charge in [0.25, 0.3) is 5.91 Å². The maximum absolute atomic E-state index is 11.0. The number of carbonyl (C=O) groups is 1. The van der Waals surface area contributed by atoms with Crippen LogP contribution in [0.4, 0.5) is 0 Å². The van der Waals surface area contributed by atoms with Gasteiger partial charge in [0.15, 0.2) is 0 Å². The second-order valence-electron chi connectivity index (χ2n) is 3.66. The van der Waals surface area contributed by atoms with Gasteiger partial charge in [-0.1, -0.05) is 26.7 Å². The molecule has 0 fully saturated rings. The van der Waals surface area contributed by atoms with Gasteiger partial charge in [-0.15, -0.1) is 6.42 Å². The molecule has 0 spiro atoms. The fourth-order valence-corrected chi connectivity index (χ4v) is 0.898. The molecule has 13 heavy (non-hydrogen) atoms. The number of nitrogens with one attached hydrogen (secondary N) is 1. The van der Waals surface area contributed by atoms with Crippen molar-refractivity contribution >= 4 is 21.8 Å². The lowest BCUT2D eigenvalue weighted by molar-refractivity contribution is -0.116. The van der Waals surface area contributed by atoms with E-state index >= 15 is 0 Å². The first-order valence-corrected chi connectivity index (χ1v) is 4.59. The molecule has 1 unspecified atom stereocenters. The lowest BCUT2D eigenvalue weighted by atomic mass is 9.87. The van der Waals surface area contributed by atoms with Crippen LogP contribution in [0.2, 0.25) is 0 Å². The zero-order valence-corrected chi connectivity index (χ0v) is 9.53. The van der Waals surface area contributed by atoms with Crippen LogP contribution in [0.5, 0.6) is 0 Å². The van der Waals surface area contributed by atoms with Crippen LogP contribution in [0.25, 0.3) is 0 Å². The van der Waals surface area contributed by atoms with Gasteiger partial charge >= 0.3 is 0 Å². The number of hydrogen-bond donors (Lipinski definition) is 1. The highest BCUT2D eigenvalue weighted by atomic mass is 79.9. The van der Waals surface area contributed by atoms with E-state index in [0.29, 0.717) is 0 Å². The Kier molecular flexibility index (Phi) is 4.59. The number of amides is 1. The lowest BCUT2D eigenvalue weighted by Crippen LogP contribution is -2.42. The van der Waals surface area contributed by atoms with E-state index in [4.69, 9.17) is 6.42 Å². The highest BCUT2D eigenvalue weighted by Gasteiger charge is 2.23. The zero-order chi connectivity index (χ0) is 10.5. The van der Waals surface area contributed by atoms with Crippen molar-refractivity contribution in [2.75, 3.05) is 0 Å². The van der Waals surface area contributed by atoms with Gasteiger partial charge in [-0.05, 0) is 10.2 Å². The number of carbonyl (C=O) groups excluding carboxylic acids is 1. The molecule has 0 saturated heterocycles. The summed E-state index contributed by atoms with van der Waals surface area (Å²) in [7, 11) is 0. The summed E-state index contributed by atoms with van der Waals surface area (Å²) in [5, 5.41) is 2.63. The van der Waals surface area contributed by atoms with Crippen molar-refractivity contribution in [3.63, 3.8) is 0 Å². The minimum Gasteiger partial charge on any atom is -0.331 e. The van der Waals surface area contributed by atoms with Gasteiger partial charge in [-0.2, -0.15) is 0 Å². The number of rotatable bonds is 1. The molecule has 2 nitrogen and oxygen atoms in total. The Morgan fingerprint density at radius 2 is 2.08 bits per heavy atom. The Balaban J connectivity index is 4.39. The fourth-order valence-electron chi connectivity index (χ4n) is 0.718. The van der Waals surface area contributed by atoms with Crippen molar-refractivity contribution < 1.29 is 4.79 Å². The molecule has 0 heterocycles. The first-order valence-electron chi connectivity index (χ1n) is 3.80. The number of hydrogen-bond acceptors (Lipinski definition) is 1. The summed E-state index contributed by atoms with van der Waals surface area (Å²) in [5.74, 6) is 4.45. The summed E-state index contributed by atoms with van der Waals surface area (Å²) < 4.78 is 0. The van der Waals surface area contributed by atoms with E-state index in [9.17, 15) is 4.79 Å². The SMILES string of the molecule is C#CC(NC(=O)C#CBr)C(C)(C)C. The monoisotopic (exact) mass is 241 g/mol. The standard InChI is InChI=1S/C10H12BrNO/c1-5-8(10(2,3)4)12-9(13)6-7-11/h1,8H,2-4H3,(H,12,13). The quantitative estimate of drug-likeness (QED) is 0.694. The molecule has 0 aromatic carbocycles. The smallest absolute Gasteiger partial charge is 0.297 e. The van der Waals surface area contributed by atoms with E-state index in [0.717, 1.165) is 0 Å². The third-order valence-electron chi connectivity index (χ3n) is 1.47. The van der Waals surface area contributed by atoms with Crippen LogP contribution in [0.15, 0.2) is 0 Å². The average Bonchev–Trinajstić information content (AvgIpc) is 1.98. The van der Waals surface area contributed by atoms with E-state index in [2.05, 4.69) is 37.9 Å². The van der Waals surface area contributed by atoms with E-state index in [-0.39, 0.29) is 17.4 Å². The van der Waals surface area contributed by atoms with Crippen LogP contribution in [0.3, 0.4) is 0 Å². The van der Waals surface area contributed by atoms with Gasteiger partial charge in [0.2, 0.25) is 0 Å². The predicted octanol–water partition coefficient (Wildman–Crippen LogP) is 1.51. The largest absolute Gasteiger partial charge is 0.331 e. The second kappa shape index (κ2) is 4.94. The Hall–Kier alpha value is -0.930. The molecule has 0 radical (unpaired) electrons. The van der Waals surface area contributed by atoms with Gasteiger partial charge < -0.3 is 5.32 Å².